The average Bonchev–Trinajstić information content (AvgIpc) is 3.09. The van der Waals surface area contributed by atoms with E-state index >= 15 is 0 Å². The van der Waals surface area contributed by atoms with Gasteiger partial charge < -0.3 is 15.1 Å². The second-order valence-corrected chi connectivity index (χ2v) is 13.0. The van der Waals surface area contributed by atoms with Gasteiger partial charge in [-0.05, 0) is 105 Å². The van der Waals surface area contributed by atoms with E-state index in [4.69, 9.17) is 11.6 Å². The number of likely N-dealkylation sites (tertiary alicyclic amines) is 1. The molecule has 5 fully saturated rings. The van der Waals surface area contributed by atoms with Crippen LogP contribution in [0.4, 0.5) is 14.9 Å². The number of amides is 3. The molecule has 3 unspecified atom stereocenters. The van der Waals surface area contributed by atoms with Crippen LogP contribution in [-0.2, 0) is 4.79 Å². The van der Waals surface area contributed by atoms with Gasteiger partial charge in [0, 0.05) is 29.3 Å². The fourth-order valence-corrected chi connectivity index (χ4v) is 8.98. The number of hydrogen-bond acceptors (Lipinski definition) is 2. The Labute approximate surface area is 228 Å². The van der Waals surface area contributed by atoms with Gasteiger partial charge in [0.05, 0.1) is 11.5 Å². The van der Waals surface area contributed by atoms with Gasteiger partial charge in [-0.25, -0.2) is 9.18 Å². The average molecular weight is 536 g/mol. The van der Waals surface area contributed by atoms with Crippen LogP contribution in [0.1, 0.15) is 69.4 Å². The SMILES string of the molecule is O=C(N[C@@]12CCC[C@@H]3CC(CC1C3)C2)N1CCC2(CC1)C(=O)N(c1ccc(F)cc1)C2c1ccc(Cl)cc1. The zero-order valence-corrected chi connectivity index (χ0v) is 22.4. The molecule has 2 saturated heterocycles. The summed E-state index contributed by atoms with van der Waals surface area (Å²) in [4.78, 5) is 31.1. The molecule has 0 radical (unpaired) electrons. The van der Waals surface area contributed by atoms with Crippen LogP contribution in [0.15, 0.2) is 48.5 Å². The van der Waals surface area contributed by atoms with Crippen molar-refractivity contribution < 1.29 is 14.0 Å². The maximum atomic E-state index is 13.8. The monoisotopic (exact) mass is 535 g/mol. The molecule has 2 aliphatic heterocycles. The van der Waals surface area contributed by atoms with Crippen molar-refractivity contribution in [2.45, 2.75) is 69.4 Å². The first kappa shape index (κ1) is 24.4. The zero-order chi connectivity index (χ0) is 26.1. The molecule has 1 N–H and O–H groups in total. The summed E-state index contributed by atoms with van der Waals surface area (Å²) in [5, 5.41) is 4.21. The summed E-state index contributed by atoms with van der Waals surface area (Å²) in [6.07, 6.45) is 9.91. The number of nitrogens with zero attached hydrogens (tertiary/aromatic N) is 2. The maximum absolute atomic E-state index is 13.8. The minimum atomic E-state index is -0.573. The number of nitrogens with one attached hydrogen (secondary N) is 1. The van der Waals surface area contributed by atoms with E-state index in [1.807, 2.05) is 29.2 Å². The Bertz CT molecular complexity index is 1240. The van der Waals surface area contributed by atoms with E-state index in [9.17, 15) is 14.0 Å². The van der Waals surface area contributed by atoms with Crippen LogP contribution in [0.3, 0.4) is 0 Å². The Balaban J connectivity index is 1.10. The summed E-state index contributed by atoms with van der Waals surface area (Å²) in [6.45, 7) is 1.12. The third-order valence-corrected chi connectivity index (χ3v) is 10.8. The molecule has 3 aliphatic carbocycles. The predicted octanol–water partition coefficient (Wildman–Crippen LogP) is 6.72. The van der Waals surface area contributed by atoms with Crippen molar-refractivity contribution in [1.29, 1.82) is 0 Å². The molecule has 7 rings (SSSR count). The first-order chi connectivity index (χ1) is 18.4. The predicted molar refractivity (Wildman–Crippen MR) is 145 cm³/mol. The van der Waals surface area contributed by atoms with Crippen LogP contribution < -0.4 is 10.2 Å². The number of carbonyl (C=O) groups excluding carboxylic acids is 2. The van der Waals surface area contributed by atoms with E-state index < -0.39 is 5.41 Å². The molecule has 2 aromatic rings. The first-order valence-electron chi connectivity index (χ1n) is 14.3. The Morgan fingerprint density at radius 1 is 0.947 bits per heavy atom. The number of piperidine rings is 1. The fraction of sp³-hybridized carbons (Fsp3) is 0.548. The van der Waals surface area contributed by atoms with Gasteiger partial charge in [0.15, 0.2) is 0 Å². The molecule has 7 heteroatoms. The normalized spacial score (nSPS) is 33.3. The van der Waals surface area contributed by atoms with E-state index in [2.05, 4.69) is 5.32 Å². The van der Waals surface area contributed by atoms with Crippen LogP contribution in [0.25, 0.3) is 0 Å². The van der Waals surface area contributed by atoms with Crippen molar-refractivity contribution in [1.82, 2.24) is 10.2 Å². The standard InChI is InChI=1S/C31H35ClFN3O2/c32-24-5-3-22(4-6-24)27-30(28(37)36(27)26-9-7-25(33)8-10-26)12-14-35(15-13-30)29(38)34-31-11-1-2-20-16-21(19-31)18-23(31)17-20/h3-10,20-21,23,27H,1-2,11-19H2,(H,34,38)/t20-,21?,23?,27?,31-/m1/s1. The van der Waals surface area contributed by atoms with Gasteiger partial charge in [-0.3, -0.25) is 4.79 Å². The van der Waals surface area contributed by atoms with Gasteiger partial charge in [-0.2, -0.15) is 0 Å². The van der Waals surface area contributed by atoms with Crippen LogP contribution in [0.5, 0.6) is 0 Å². The molecule has 1 spiro atoms. The molecule has 2 heterocycles. The summed E-state index contributed by atoms with van der Waals surface area (Å²) in [7, 11) is 0. The van der Waals surface area contributed by atoms with Crippen LogP contribution >= 0.6 is 11.6 Å². The summed E-state index contributed by atoms with van der Waals surface area (Å²) in [5.74, 6) is 1.99. The summed E-state index contributed by atoms with van der Waals surface area (Å²) >= 11 is 6.17. The van der Waals surface area contributed by atoms with E-state index in [-0.39, 0.29) is 29.3 Å². The quantitative estimate of drug-likeness (QED) is 0.444. The van der Waals surface area contributed by atoms with Crippen molar-refractivity contribution in [2.75, 3.05) is 18.0 Å². The van der Waals surface area contributed by atoms with Gasteiger partial charge in [0.2, 0.25) is 5.91 Å². The Morgan fingerprint density at radius 3 is 2.39 bits per heavy atom. The Morgan fingerprint density at radius 2 is 1.66 bits per heavy atom. The first-order valence-corrected chi connectivity index (χ1v) is 14.7. The molecule has 5 aliphatic rings. The number of fused-ring (bicyclic) bond motifs is 2. The summed E-state index contributed by atoms with van der Waals surface area (Å²) in [6, 6.07) is 13.7. The van der Waals surface area contributed by atoms with E-state index in [1.54, 1.807) is 17.0 Å². The van der Waals surface area contributed by atoms with E-state index in [1.165, 1.54) is 44.2 Å². The van der Waals surface area contributed by atoms with Crippen LogP contribution in [0.2, 0.25) is 5.02 Å². The number of urea groups is 1. The molecule has 5 atom stereocenters. The largest absolute Gasteiger partial charge is 0.332 e. The van der Waals surface area contributed by atoms with Gasteiger partial charge in [-0.15, -0.1) is 0 Å². The van der Waals surface area contributed by atoms with Crippen molar-refractivity contribution in [2.24, 2.45) is 23.2 Å². The van der Waals surface area contributed by atoms with Crippen LogP contribution in [-0.4, -0.2) is 35.5 Å². The molecule has 5 nitrogen and oxygen atoms in total. The molecular formula is C31H35ClFN3O2. The molecule has 3 amide bonds. The van der Waals surface area contributed by atoms with Gasteiger partial charge in [0.1, 0.15) is 5.82 Å². The number of hydrogen-bond donors (Lipinski definition) is 1. The lowest BCUT2D eigenvalue weighted by molar-refractivity contribution is -0.144. The second-order valence-electron chi connectivity index (χ2n) is 12.6. The lowest BCUT2D eigenvalue weighted by Gasteiger charge is -2.59. The topological polar surface area (TPSA) is 52.7 Å². The summed E-state index contributed by atoms with van der Waals surface area (Å²) in [5.41, 5.74) is 1.11. The van der Waals surface area contributed by atoms with Gasteiger partial charge >= 0.3 is 6.03 Å². The number of halogens is 2. The van der Waals surface area contributed by atoms with E-state index in [0.717, 1.165) is 30.2 Å². The van der Waals surface area contributed by atoms with E-state index in [0.29, 0.717) is 42.6 Å². The van der Waals surface area contributed by atoms with Crippen molar-refractivity contribution in [3.8, 4) is 0 Å². The molecular weight excluding hydrogens is 501 g/mol. The molecule has 3 saturated carbocycles. The number of benzene rings is 2. The van der Waals surface area contributed by atoms with Crippen molar-refractivity contribution >= 4 is 29.2 Å². The minimum Gasteiger partial charge on any atom is -0.332 e. The molecule has 0 aromatic heterocycles. The summed E-state index contributed by atoms with van der Waals surface area (Å²) < 4.78 is 13.6. The fourth-order valence-electron chi connectivity index (χ4n) is 8.85. The third kappa shape index (κ3) is 3.77. The lowest BCUT2D eigenvalue weighted by atomic mass is 9.62. The maximum Gasteiger partial charge on any atom is 0.317 e. The van der Waals surface area contributed by atoms with Crippen molar-refractivity contribution in [3.05, 3.63) is 64.9 Å². The molecule has 2 aromatic carbocycles. The highest BCUT2D eigenvalue weighted by Crippen LogP contribution is 2.58. The Hall–Kier alpha value is -2.60. The highest BCUT2D eigenvalue weighted by molar-refractivity contribution is 6.30. The third-order valence-electron chi connectivity index (χ3n) is 10.6. The highest BCUT2D eigenvalue weighted by atomic mass is 35.5. The van der Waals surface area contributed by atoms with Gasteiger partial charge in [-0.1, -0.05) is 36.6 Å². The molecule has 200 valence electrons. The smallest absolute Gasteiger partial charge is 0.317 e. The molecule has 38 heavy (non-hydrogen) atoms. The lowest BCUT2D eigenvalue weighted by Crippen LogP contribution is -2.67. The number of carbonyl (C=O) groups is 2. The zero-order valence-electron chi connectivity index (χ0n) is 21.7. The van der Waals surface area contributed by atoms with Crippen LogP contribution in [0, 0.1) is 29.0 Å². The number of anilines is 1. The highest BCUT2D eigenvalue weighted by Gasteiger charge is 2.62. The molecule has 3 bridgehead atoms. The Kier molecular flexibility index (Phi) is 5.77. The second kappa shape index (κ2) is 8.97. The van der Waals surface area contributed by atoms with Gasteiger partial charge in [0.25, 0.3) is 0 Å². The minimum absolute atomic E-state index is 0.0281. The number of rotatable bonds is 3. The van der Waals surface area contributed by atoms with Crippen molar-refractivity contribution in [3.63, 3.8) is 0 Å². The number of β-lactam (4-membered cyclic amide) rings is 1.